The maximum Gasteiger partial charge on any atom is 0.310 e. The molecule has 0 atom stereocenters. The van der Waals surface area contributed by atoms with Gasteiger partial charge < -0.3 is 10.4 Å². The van der Waals surface area contributed by atoms with Gasteiger partial charge in [0.1, 0.15) is 0 Å². The van der Waals surface area contributed by atoms with Crippen molar-refractivity contribution in [3.8, 4) is 0 Å². The normalized spacial score (nSPS) is 23.8. The highest BCUT2D eigenvalue weighted by Crippen LogP contribution is 2.38. The molecule has 0 aromatic rings. The Morgan fingerprint density at radius 3 is 1.95 bits per heavy atom. The van der Waals surface area contributed by atoms with Crippen LogP contribution in [-0.2, 0) is 9.59 Å². The third-order valence-corrected chi connectivity index (χ3v) is 5.23. The van der Waals surface area contributed by atoms with Crippen LogP contribution in [0.15, 0.2) is 0 Å². The van der Waals surface area contributed by atoms with Crippen LogP contribution >= 0.6 is 0 Å². The van der Waals surface area contributed by atoms with Crippen LogP contribution in [-0.4, -0.2) is 23.0 Å². The molecule has 21 heavy (non-hydrogen) atoms. The number of carbonyl (C=O) groups excluding carboxylic acids is 1. The third kappa shape index (κ3) is 4.72. The molecule has 2 aliphatic carbocycles. The molecule has 0 unspecified atom stereocenters. The Labute approximate surface area is 127 Å². The number of nitrogens with one attached hydrogen (secondary N) is 1. The standard InChI is InChI=1S/C17H29NO3/c19-15(18-14-9-5-1-2-6-10-14)13-17(16(20)21)11-7-3-4-8-12-17/h14H,1-13H2,(H,18,19)(H,20,21). The SMILES string of the molecule is O=C(CC1(C(=O)O)CCCCCC1)NC1CCCCCC1. The molecule has 120 valence electrons. The summed E-state index contributed by atoms with van der Waals surface area (Å²) in [5.41, 5.74) is -0.814. The third-order valence-electron chi connectivity index (χ3n) is 5.23. The molecule has 2 saturated carbocycles. The Bertz CT molecular complexity index is 351. The maximum atomic E-state index is 12.3. The summed E-state index contributed by atoms with van der Waals surface area (Å²) < 4.78 is 0. The van der Waals surface area contributed by atoms with E-state index < -0.39 is 11.4 Å². The van der Waals surface area contributed by atoms with E-state index in [-0.39, 0.29) is 18.4 Å². The minimum Gasteiger partial charge on any atom is -0.481 e. The Balaban J connectivity index is 1.92. The van der Waals surface area contributed by atoms with Gasteiger partial charge in [0.2, 0.25) is 5.91 Å². The first-order chi connectivity index (χ1) is 10.1. The van der Waals surface area contributed by atoms with E-state index >= 15 is 0 Å². The molecule has 0 spiro atoms. The first-order valence-corrected chi connectivity index (χ1v) is 8.65. The first-order valence-electron chi connectivity index (χ1n) is 8.65. The van der Waals surface area contributed by atoms with Crippen molar-refractivity contribution in [2.75, 3.05) is 0 Å². The van der Waals surface area contributed by atoms with Crippen molar-refractivity contribution in [1.29, 1.82) is 0 Å². The Hall–Kier alpha value is -1.06. The van der Waals surface area contributed by atoms with E-state index in [1.807, 2.05) is 0 Å². The van der Waals surface area contributed by atoms with Gasteiger partial charge in [0.25, 0.3) is 0 Å². The number of carbonyl (C=O) groups is 2. The second-order valence-corrected chi connectivity index (χ2v) is 6.93. The number of hydrogen-bond donors (Lipinski definition) is 2. The fraction of sp³-hybridized carbons (Fsp3) is 0.882. The molecule has 0 aromatic carbocycles. The fourth-order valence-electron chi connectivity index (χ4n) is 3.88. The van der Waals surface area contributed by atoms with Gasteiger partial charge in [-0.2, -0.15) is 0 Å². The van der Waals surface area contributed by atoms with E-state index in [1.165, 1.54) is 25.7 Å². The smallest absolute Gasteiger partial charge is 0.310 e. The molecule has 1 amide bonds. The average Bonchev–Trinajstić information content (AvgIpc) is 2.82. The van der Waals surface area contributed by atoms with Crippen molar-refractivity contribution < 1.29 is 14.7 Å². The number of hydrogen-bond acceptors (Lipinski definition) is 2. The Morgan fingerprint density at radius 2 is 1.43 bits per heavy atom. The summed E-state index contributed by atoms with van der Waals surface area (Å²) in [5.74, 6) is -0.827. The van der Waals surface area contributed by atoms with Crippen LogP contribution in [0.3, 0.4) is 0 Å². The van der Waals surface area contributed by atoms with Crippen molar-refractivity contribution >= 4 is 11.9 Å². The van der Waals surface area contributed by atoms with E-state index in [0.717, 1.165) is 38.5 Å². The number of carboxylic acid groups (broad SMARTS) is 1. The number of amides is 1. The van der Waals surface area contributed by atoms with Crippen LogP contribution in [0.1, 0.15) is 83.5 Å². The molecule has 0 heterocycles. The molecule has 0 aliphatic heterocycles. The van der Waals surface area contributed by atoms with Gasteiger partial charge in [-0.25, -0.2) is 0 Å². The average molecular weight is 295 g/mol. The highest BCUT2D eigenvalue weighted by Gasteiger charge is 2.40. The number of rotatable bonds is 4. The quantitative estimate of drug-likeness (QED) is 0.778. The second kappa shape index (κ2) is 7.81. The molecule has 2 aliphatic rings. The van der Waals surface area contributed by atoms with Crippen molar-refractivity contribution in [2.45, 2.75) is 89.5 Å². The minimum absolute atomic E-state index is 0.0498. The van der Waals surface area contributed by atoms with Gasteiger partial charge in [0.05, 0.1) is 5.41 Å². The highest BCUT2D eigenvalue weighted by atomic mass is 16.4. The van der Waals surface area contributed by atoms with Gasteiger partial charge in [0, 0.05) is 12.5 Å². The zero-order valence-corrected chi connectivity index (χ0v) is 13.0. The van der Waals surface area contributed by atoms with Crippen molar-refractivity contribution in [3.05, 3.63) is 0 Å². The van der Waals surface area contributed by atoms with Gasteiger partial charge in [0.15, 0.2) is 0 Å². The second-order valence-electron chi connectivity index (χ2n) is 6.93. The molecular weight excluding hydrogens is 266 g/mol. The molecule has 0 aromatic heterocycles. The summed E-state index contributed by atoms with van der Waals surface area (Å²) in [6.07, 6.45) is 12.5. The van der Waals surface area contributed by atoms with Gasteiger partial charge in [-0.3, -0.25) is 9.59 Å². The zero-order valence-electron chi connectivity index (χ0n) is 13.0. The molecule has 4 nitrogen and oxygen atoms in total. The van der Waals surface area contributed by atoms with Crippen LogP contribution in [0.2, 0.25) is 0 Å². The van der Waals surface area contributed by atoms with Gasteiger partial charge in [-0.15, -0.1) is 0 Å². The fourth-order valence-corrected chi connectivity index (χ4v) is 3.88. The lowest BCUT2D eigenvalue weighted by atomic mass is 9.77. The van der Waals surface area contributed by atoms with Crippen LogP contribution in [0.25, 0.3) is 0 Å². The molecule has 4 heteroatoms. The predicted octanol–water partition coefficient (Wildman–Crippen LogP) is 3.64. The van der Waals surface area contributed by atoms with Crippen LogP contribution < -0.4 is 5.32 Å². The lowest BCUT2D eigenvalue weighted by Crippen LogP contribution is -2.41. The Morgan fingerprint density at radius 1 is 0.905 bits per heavy atom. The van der Waals surface area contributed by atoms with E-state index in [4.69, 9.17) is 0 Å². The lowest BCUT2D eigenvalue weighted by Gasteiger charge is -2.28. The van der Waals surface area contributed by atoms with Crippen LogP contribution in [0.5, 0.6) is 0 Å². The summed E-state index contributed by atoms with van der Waals surface area (Å²) in [6.45, 7) is 0. The van der Waals surface area contributed by atoms with Crippen molar-refractivity contribution in [3.63, 3.8) is 0 Å². The highest BCUT2D eigenvalue weighted by molar-refractivity contribution is 5.85. The van der Waals surface area contributed by atoms with E-state index in [0.29, 0.717) is 12.8 Å². The van der Waals surface area contributed by atoms with Crippen LogP contribution in [0.4, 0.5) is 0 Å². The molecule has 2 rings (SSSR count). The predicted molar refractivity (Wildman–Crippen MR) is 82.0 cm³/mol. The van der Waals surface area contributed by atoms with Crippen molar-refractivity contribution in [2.24, 2.45) is 5.41 Å². The summed E-state index contributed by atoms with van der Waals surface area (Å²) in [5, 5.41) is 12.7. The first kappa shape index (κ1) is 16.3. The Kier molecular flexibility index (Phi) is 6.07. The number of aliphatic carboxylic acids is 1. The largest absolute Gasteiger partial charge is 0.481 e. The van der Waals surface area contributed by atoms with Crippen LogP contribution in [0, 0.1) is 5.41 Å². The molecule has 0 radical (unpaired) electrons. The maximum absolute atomic E-state index is 12.3. The van der Waals surface area contributed by atoms with Gasteiger partial charge >= 0.3 is 5.97 Å². The molecule has 0 saturated heterocycles. The van der Waals surface area contributed by atoms with E-state index in [9.17, 15) is 14.7 Å². The molecule has 2 N–H and O–H groups in total. The monoisotopic (exact) mass is 295 g/mol. The minimum atomic E-state index is -0.814. The molecular formula is C17H29NO3. The van der Waals surface area contributed by atoms with Gasteiger partial charge in [-0.05, 0) is 25.7 Å². The molecule has 0 bridgehead atoms. The lowest BCUT2D eigenvalue weighted by molar-refractivity contribution is -0.153. The number of carboxylic acids is 1. The van der Waals surface area contributed by atoms with Crippen molar-refractivity contribution in [1.82, 2.24) is 5.32 Å². The summed E-state index contributed by atoms with van der Waals surface area (Å²) in [6, 6.07) is 0.261. The summed E-state index contributed by atoms with van der Waals surface area (Å²) in [4.78, 5) is 24.1. The molecule has 2 fully saturated rings. The summed E-state index contributed by atoms with van der Waals surface area (Å²) >= 11 is 0. The topological polar surface area (TPSA) is 66.4 Å². The van der Waals surface area contributed by atoms with E-state index in [1.54, 1.807) is 0 Å². The zero-order chi connectivity index (χ0) is 15.1. The van der Waals surface area contributed by atoms with E-state index in [2.05, 4.69) is 5.32 Å². The van der Waals surface area contributed by atoms with Gasteiger partial charge in [-0.1, -0.05) is 51.4 Å². The summed E-state index contributed by atoms with van der Waals surface area (Å²) in [7, 11) is 0.